The number of allylic oxidation sites excluding steroid dienone is 24. The first-order valence-corrected chi connectivity index (χ1v) is 30.3. The number of carbonyl (C=O) groups excluding carboxylic acids is 3. The number of carbonyl (C=O) groups is 3. The minimum atomic E-state index is -0.818. The first-order valence-electron chi connectivity index (χ1n) is 30.3. The monoisotopic (exact) mass is 1030 g/mol. The maximum atomic E-state index is 12.9. The lowest BCUT2D eigenvalue weighted by atomic mass is 10.1. The van der Waals surface area contributed by atoms with E-state index in [2.05, 4.69) is 167 Å². The molecule has 1 atom stereocenters. The molecule has 75 heavy (non-hydrogen) atoms. The van der Waals surface area contributed by atoms with Crippen molar-refractivity contribution in [3.8, 4) is 0 Å². The zero-order chi connectivity index (χ0) is 54.3. The molecule has 0 fully saturated rings. The summed E-state index contributed by atoms with van der Waals surface area (Å²) in [4.78, 5) is 38.2. The molecule has 0 spiro atoms. The van der Waals surface area contributed by atoms with E-state index >= 15 is 0 Å². The molecule has 0 aromatic rings. The Morgan fingerprint density at radius 1 is 0.280 bits per heavy atom. The van der Waals surface area contributed by atoms with Gasteiger partial charge in [-0.3, -0.25) is 14.4 Å². The van der Waals surface area contributed by atoms with Gasteiger partial charge in [-0.05, 0) is 141 Å². The van der Waals surface area contributed by atoms with Gasteiger partial charge in [0.15, 0.2) is 6.10 Å². The Hall–Kier alpha value is -4.71. The second-order valence-electron chi connectivity index (χ2n) is 19.5. The molecule has 0 rings (SSSR count). The number of ether oxygens (including phenoxy) is 3. The molecular formula is C69H110O6. The molecule has 422 valence electrons. The average molecular weight is 1040 g/mol. The first kappa shape index (κ1) is 70.3. The molecule has 0 aromatic carbocycles. The molecule has 0 aliphatic heterocycles. The third-order valence-electron chi connectivity index (χ3n) is 12.3. The van der Waals surface area contributed by atoms with E-state index in [4.69, 9.17) is 14.2 Å². The predicted molar refractivity (Wildman–Crippen MR) is 325 cm³/mol. The zero-order valence-corrected chi connectivity index (χ0v) is 48.3. The van der Waals surface area contributed by atoms with Crippen LogP contribution in [0.3, 0.4) is 0 Å². The fourth-order valence-electron chi connectivity index (χ4n) is 7.76. The van der Waals surface area contributed by atoms with E-state index in [0.29, 0.717) is 19.3 Å². The molecule has 0 saturated carbocycles. The maximum absolute atomic E-state index is 12.9. The van der Waals surface area contributed by atoms with Crippen molar-refractivity contribution in [2.45, 2.75) is 258 Å². The Morgan fingerprint density at radius 2 is 0.533 bits per heavy atom. The Kier molecular flexibility index (Phi) is 58.0. The molecule has 0 N–H and O–H groups in total. The molecule has 0 aliphatic rings. The van der Waals surface area contributed by atoms with Crippen molar-refractivity contribution in [3.63, 3.8) is 0 Å². The molecule has 0 bridgehead atoms. The van der Waals surface area contributed by atoms with Gasteiger partial charge < -0.3 is 14.2 Å². The van der Waals surface area contributed by atoms with Gasteiger partial charge in [0, 0.05) is 19.3 Å². The summed E-state index contributed by atoms with van der Waals surface area (Å²) < 4.78 is 16.8. The number of rotatable bonds is 53. The van der Waals surface area contributed by atoms with E-state index in [-0.39, 0.29) is 37.5 Å². The summed E-state index contributed by atoms with van der Waals surface area (Å²) in [6.45, 7) is 6.41. The highest BCUT2D eigenvalue weighted by Crippen LogP contribution is 2.13. The molecule has 0 heterocycles. The molecule has 0 saturated heterocycles. The Morgan fingerprint density at radius 3 is 0.907 bits per heavy atom. The highest BCUT2D eigenvalue weighted by Gasteiger charge is 2.19. The lowest BCUT2D eigenvalue weighted by Gasteiger charge is -2.18. The van der Waals surface area contributed by atoms with Gasteiger partial charge in [-0.15, -0.1) is 0 Å². The lowest BCUT2D eigenvalue weighted by Crippen LogP contribution is -2.30. The summed E-state index contributed by atoms with van der Waals surface area (Å²) in [6, 6.07) is 0. The molecule has 0 radical (unpaired) electrons. The second-order valence-corrected chi connectivity index (χ2v) is 19.5. The number of unbranched alkanes of at least 4 members (excludes halogenated alkanes) is 18. The molecule has 0 aliphatic carbocycles. The molecule has 6 nitrogen and oxygen atoms in total. The fraction of sp³-hybridized carbons (Fsp3) is 0.609. The van der Waals surface area contributed by atoms with Crippen molar-refractivity contribution in [2.24, 2.45) is 0 Å². The highest BCUT2D eigenvalue weighted by molar-refractivity contribution is 5.71. The van der Waals surface area contributed by atoms with E-state index in [1.807, 2.05) is 0 Å². The third-order valence-corrected chi connectivity index (χ3v) is 12.3. The van der Waals surface area contributed by atoms with Gasteiger partial charge in [-0.25, -0.2) is 0 Å². The van der Waals surface area contributed by atoms with Crippen molar-refractivity contribution < 1.29 is 28.6 Å². The molecule has 0 aromatic heterocycles. The van der Waals surface area contributed by atoms with Crippen LogP contribution in [0, 0.1) is 0 Å². The van der Waals surface area contributed by atoms with E-state index in [1.165, 1.54) is 64.2 Å². The van der Waals surface area contributed by atoms with Crippen LogP contribution in [0.1, 0.15) is 252 Å². The fourth-order valence-corrected chi connectivity index (χ4v) is 7.76. The van der Waals surface area contributed by atoms with Gasteiger partial charge in [-0.2, -0.15) is 0 Å². The zero-order valence-electron chi connectivity index (χ0n) is 48.3. The van der Waals surface area contributed by atoms with Crippen LogP contribution in [0.15, 0.2) is 146 Å². The summed E-state index contributed by atoms with van der Waals surface area (Å²) in [5, 5.41) is 0. The van der Waals surface area contributed by atoms with Crippen LogP contribution in [-0.4, -0.2) is 37.2 Å². The third kappa shape index (κ3) is 60.0. The molecule has 0 amide bonds. The summed E-state index contributed by atoms with van der Waals surface area (Å²) in [5.74, 6) is -1.00. The Balaban J connectivity index is 4.46. The average Bonchev–Trinajstić information content (AvgIpc) is 3.41. The van der Waals surface area contributed by atoms with Crippen molar-refractivity contribution in [2.75, 3.05) is 13.2 Å². The van der Waals surface area contributed by atoms with Crippen LogP contribution in [0.25, 0.3) is 0 Å². The molecule has 1 unspecified atom stereocenters. The lowest BCUT2D eigenvalue weighted by molar-refractivity contribution is -0.167. The second kappa shape index (κ2) is 61.8. The van der Waals surface area contributed by atoms with Crippen LogP contribution in [0.2, 0.25) is 0 Å². The van der Waals surface area contributed by atoms with Crippen LogP contribution < -0.4 is 0 Å². The maximum Gasteiger partial charge on any atom is 0.306 e. The van der Waals surface area contributed by atoms with Gasteiger partial charge in [-0.1, -0.05) is 237 Å². The summed E-state index contributed by atoms with van der Waals surface area (Å²) in [6.07, 6.45) is 88.5. The summed E-state index contributed by atoms with van der Waals surface area (Å²) in [7, 11) is 0. The highest BCUT2D eigenvalue weighted by atomic mass is 16.6. The molecular weight excluding hydrogens is 925 g/mol. The normalized spacial score (nSPS) is 13.2. The SMILES string of the molecule is CC/C=C\C/C=C\C/C=C\C/C=C\C/C=C\C/C=C\C/C=C\C/C=C\C/C=C\CCCC(=O)OCC(COC(=O)CCCCCCC/C=C\CCCCCC)OC(=O)CCCCCCC/C=C\C/C=C\CCCCC. The van der Waals surface area contributed by atoms with E-state index < -0.39 is 6.10 Å². The van der Waals surface area contributed by atoms with E-state index in [9.17, 15) is 14.4 Å². The summed E-state index contributed by atoms with van der Waals surface area (Å²) >= 11 is 0. The van der Waals surface area contributed by atoms with Crippen LogP contribution in [0.4, 0.5) is 0 Å². The van der Waals surface area contributed by atoms with Crippen LogP contribution >= 0.6 is 0 Å². The van der Waals surface area contributed by atoms with Gasteiger partial charge in [0.05, 0.1) is 0 Å². The van der Waals surface area contributed by atoms with Gasteiger partial charge in [0.2, 0.25) is 0 Å². The smallest absolute Gasteiger partial charge is 0.306 e. The first-order chi connectivity index (χ1) is 37.0. The molecule has 6 heteroatoms. The van der Waals surface area contributed by atoms with Crippen molar-refractivity contribution in [1.82, 2.24) is 0 Å². The van der Waals surface area contributed by atoms with Crippen LogP contribution in [0.5, 0.6) is 0 Å². The largest absolute Gasteiger partial charge is 0.462 e. The van der Waals surface area contributed by atoms with Crippen molar-refractivity contribution in [3.05, 3.63) is 146 Å². The Bertz CT molecular complexity index is 1660. The topological polar surface area (TPSA) is 78.9 Å². The van der Waals surface area contributed by atoms with E-state index in [1.54, 1.807) is 0 Å². The minimum Gasteiger partial charge on any atom is -0.462 e. The van der Waals surface area contributed by atoms with Crippen molar-refractivity contribution >= 4 is 17.9 Å². The van der Waals surface area contributed by atoms with Gasteiger partial charge in [0.1, 0.15) is 13.2 Å². The number of esters is 3. The van der Waals surface area contributed by atoms with Crippen molar-refractivity contribution in [1.29, 1.82) is 0 Å². The van der Waals surface area contributed by atoms with Crippen LogP contribution in [-0.2, 0) is 28.6 Å². The quantitative estimate of drug-likeness (QED) is 0.0261. The van der Waals surface area contributed by atoms with Gasteiger partial charge in [0.25, 0.3) is 0 Å². The number of hydrogen-bond donors (Lipinski definition) is 0. The predicted octanol–water partition coefficient (Wildman–Crippen LogP) is 20.8. The number of hydrogen-bond acceptors (Lipinski definition) is 6. The summed E-state index contributed by atoms with van der Waals surface area (Å²) in [5.41, 5.74) is 0. The minimum absolute atomic E-state index is 0.111. The van der Waals surface area contributed by atoms with Gasteiger partial charge >= 0.3 is 17.9 Å². The Labute approximate surface area is 461 Å². The standard InChI is InChI=1S/C69H110O6/c1-4-7-10-13-16-19-22-25-27-28-29-30-31-32-33-34-35-36-37-38-39-40-42-44-47-50-53-56-59-62-68(71)74-65-66(64-73-67(70)61-58-55-52-49-46-43-24-21-18-15-12-9-6-3)75-69(72)63-60-57-54-51-48-45-41-26-23-20-17-14-11-8-5-2/h7,10,16-17,19-21,24-27,29-30,32-33,35-36,38-39,41-42,44,50,53,66H,4-6,8-9,11-15,18,22-23,28,31,34,37,40,43,45-49,51-52,54-65H2,1-3H3/b10-7-,19-16-,20-17-,24-21-,27-25-,30-29-,33-32-,36-35-,39-38-,41-26-,44-42-,53-50-. The van der Waals surface area contributed by atoms with E-state index in [0.717, 1.165) is 141 Å².